The van der Waals surface area contributed by atoms with E-state index in [1.165, 1.54) is 24.8 Å². The molecule has 5 nitrogen and oxygen atoms in total. The Kier molecular flexibility index (Phi) is 4.06. The van der Waals surface area contributed by atoms with Gasteiger partial charge in [-0.3, -0.25) is 4.98 Å². The predicted molar refractivity (Wildman–Crippen MR) is 79.7 cm³/mol. The molecular weight excluding hydrogens is 250 g/mol. The fourth-order valence-corrected chi connectivity index (χ4v) is 2.42. The monoisotopic (exact) mass is 269 g/mol. The number of rotatable bonds is 4. The average molecular weight is 269 g/mol. The molecule has 1 aliphatic rings. The molecule has 1 fully saturated rings. The van der Waals surface area contributed by atoms with E-state index in [4.69, 9.17) is 0 Å². The molecule has 0 saturated carbocycles. The zero-order chi connectivity index (χ0) is 13.6. The van der Waals surface area contributed by atoms with Gasteiger partial charge in [-0.25, -0.2) is 4.98 Å². The smallest absolute Gasteiger partial charge is 0.224 e. The molecule has 1 saturated heterocycles. The molecule has 0 spiro atoms. The lowest BCUT2D eigenvalue weighted by atomic mass is 10.1. The molecule has 0 radical (unpaired) electrons. The summed E-state index contributed by atoms with van der Waals surface area (Å²) in [6.07, 6.45) is 9.25. The molecule has 2 aromatic rings. The van der Waals surface area contributed by atoms with E-state index in [-0.39, 0.29) is 0 Å². The maximum absolute atomic E-state index is 4.60. The summed E-state index contributed by atoms with van der Waals surface area (Å²) in [6.45, 7) is 2.91. The fourth-order valence-electron chi connectivity index (χ4n) is 2.42. The molecule has 0 aliphatic carbocycles. The van der Waals surface area contributed by atoms with Crippen molar-refractivity contribution in [3.8, 4) is 0 Å². The Morgan fingerprint density at radius 2 is 1.80 bits per heavy atom. The quantitative estimate of drug-likeness (QED) is 0.924. The zero-order valence-corrected chi connectivity index (χ0v) is 11.5. The van der Waals surface area contributed by atoms with Crippen LogP contribution in [0.15, 0.2) is 36.8 Å². The van der Waals surface area contributed by atoms with Crippen LogP contribution in [0.3, 0.4) is 0 Å². The van der Waals surface area contributed by atoms with Crippen molar-refractivity contribution < 1.29 is 0 Å². The van der Waals surface area contributed by atoms with Gasteiger partial charge < -0.3 is 10.2 Å². The van der Waals surface area contributed by atoms with Gasteiger partial charge in [0.1, 0.15) is 5.82 Å². The normalized spacial score (nSPS) is 15.1. The molecule has 1 N–H and O–H groups in total. The molecule has 3 heterocycles. The fraction of sp³-hybridized carbons (Fsp3) is 0.400. The van der Waals surface area contributed by atoms with E-state index in [0.29, 0.717) is 12.5 Å². The maximum Gasteiger partial charge on any atom is 0.224 e. The lowest BCUT2D eigenvalue weighted by Gasteiger charge is -2.27. The number of aromatic nitrogens is 3. The number of anilines is 2. The minimum absolute atomic E-state index is 0.685. The summed E-state index contributed by atoms with van der Waals surface area (Å²) < 4.78 is 0. The first-order valence-corrected chi connectivity index (χ1v) is 7.12. The van der Waals surface area contributed by atoms with Crippen molar-refractivity contribution in [1.29, 1.82) is 0 Å². The van der Waals surface area contributed by atoms with Crippen LogP contribution in [0.2, 0.25) is 0 Å². The molecule has 0 aromatic carbocycles. The standard InChI is InChI=1S/C15H19N5/c1-2-10-20(11-3-1)14-6-9-17-15(19-14)18-12-13-4-7-16-8-5-13/h4-9H,1-3,10-12H2,(H,17,18,19). The topological polar surface area (TPSA) is 53.9 Å². The van der Waals surface area contributed by atoms with E-state index in [2.05, 4.69) is 25.2 Å². The number of pyridine rings is 1. The molecule has 3 rings (SSSR count). The first kappa shape index (κ1) is 12.8. The Balaban J connectivity index is 1.65. The lowest BCUT2D eigenvalue weighted by molar-refractivity contribution is 0.573. The Labute approximate surface area is 119 Å². The number of hydrogen-bond acceptors (Lipinski definition) is 5. The largest absolute Gasteiger partial charge is 0.356 e. The predicted octanol–water partition coefficient (Wildman–Crippen LogP) is 2.47. The molecule has 0 atom stereocenters. The summed E-state index contributed by atoms with van der Waals surface area (Å²) in [5.74, 6) is 1.71. The third-order valence-electron chi connectivity index (χ3n) is 3.52. The maximum atomic E-state index is 4.60. The summed E-state index contributed by atoms with van der Waals surface area (Å²) in [4.78, 5) is 15.2. The summed E-state index contributed by atoms with van der Waals surface area (Å²) in [5, 5.41) is 3.26. The van der Waals surface area contributed by atoms with Gasteiger partial charge >= 0.3 is 0 Å². The average Bonchev–Trinajstić information content (AvgIpc) is 2.55. The highest BCUT2D eigenvalue weighted by Crippen LogP contribution is 2.18. The second-order valence-electron chi connectivity index (χ2n) is 5.00. The molecular formula is C15H19N5. The van der Waals surface area contributed by atoms with Crippen LogP contribution < -0.4 is 10.2 Å². The van der Waals surface area contributed by atoms with Gasteiger partial charge in [-0.05, 0) is 43.0 Å². The van der Waals surface area contributed by atoms with Gasteiger partial charge in [0.05, 0.1) is 0 Å². The summed E-state index contributed by atoms with van der Waals surface area (Å²) in [7, 11) is 0. The van der Waals surface area contributed by atoms with Crippen molar-refractivity contribution in [2.45, 2.75) is 25.8 Å². The van der Waals surface area contributed by atoms with Crippen LogP contribution in [0.1, 0.15) is 24.8 Å². The molecule has 2 aromatic heterocycles. The van der Waals surface area contributed by atoms with Crippen LogP contribution in [0, 0.1) is 0 Å². The van der Waals surface area contributed by atoms with E-state index in [1.54, 1.807) is 12.4 Å². The first-order chi connectivity index (χ1) is 9.92. The molecule has 104 valence electrons. The number of piperidine rings is 1. The number of hydrogen-bond donors (Lipinski definition) is 1. The number of nitrogens with zero attached hydrogens (tertiary/aromatic N) is 4. The van der Waals surface area contributed by atoms with Gasteiger partial charge in [-0.2, -0.15) is 4.98 Å². The van der Waals surface area contributed by atoms with Gasteiger partial charge in [0.15, 0.2) is 0 Å². The highest BCUT2D eigenvalue weighted by Gasteiger charge is 2.12. The zero-order valence-electron chi connectivity index (χ0n) is 11.5. The van der Waals surface area contributed by atoms with Crippen molar-refractivity contribution in [1.82, 2.24) is 15.0 Å². The van der Waals surface area contributed by atoms with Crippen molar-refractivity contribution in [3.63, 3.8) is 0 Å². The summed E-state index contributed by atoms with van der Waals surface area (Å²) >= 11 is 0. The van der Waals surface area contributed by atoms with Crippen LogP contribution in [-0.2, 0) is 6.54 Å². The van der Waals surface area contributed by atoms with Crippen LogP contribution in [-0.4, -0.2) is 28.0 Å². The molecule has 0 amide bonds. The summed E-state index contributed by atoms with van der Waals surface area (Å²) in [5.41, 5.74) is 1.17. The highest BCUT2D eigenvalue weighted by molar-refractivity contribution is 5.43. The van der Waals surface area contributed by atoms with Crippen molar-refractivity contribution in [3.05, 3.63) is 42.4 Å². The molecule has 0 bridgehead atoms. The highest BCUT2D eigenvalue weighted by atomic mass is 15.2. The van der Waals surface area contributed by atoms with E-state index >= 15 is 0 Å². The van der Waals surface area contributed by atoms with Crippen LogP contribution in [0.5, 0.6) is 0 Å². The Hall–Kier alpha value is -2.17. The third-order valence-corrected chi connectivity index (χ3v) is 3.52. The van der Waals surface area contributed by atoms with Gasteiger partial charge in [0.2, 0.25) is 5.95 Å². The summed E-state index contributed by atoms with van der Waals surface area (Å²) in [6, 6.07) is 5.96. The van der Waals surface area contributed by atoms with Gasteiger partial charge in [-0.1, -0.05) is 0 Å². The van der Waals surface area contributed by atoms with Gasteiger partial charge in [-0.15, -0.1) is 0 Å². The van der Waals surface area contributed by atoms with Crippen molar-refractivity contribution in [2.75, 3.05) is 23.3 Å². The third kappa shape index (κ3) is 3.23. The van der Waals surface area contributed by atoms with E-state index in [0.717, 1.165) is 18.9 Å². The van der Waals surface area contributed by atoms with Crippen molar-refractivity contribution >= 4 is 11.8 Å². The van der Waals surface area contributed by atoms with Crippen molar-refractivity contribution in [2.24, 2.45) is 0 Å². The Bertz CT molecular complexity index is 537. The van der Waals surface area contributed by atoms with Crippen LogP contribution in [0.25, 0.3) is 0 Å². The van der Waals surface area contributed by atoms with Crippen LogP contribution >= 0.6 is 0 Å². The lowest BCUT2D eigenvalue weighted by Crippen LogP contribution is -2.30. The van der Waals surface area contributed by atoms with Gasteiger partial charge in [0.25, 0.3) is 0 Å². The Morgan fingerprint density at radius 3 is 2.60 bits per heavy atom. The second-order valence-corrected chi connectivity index (χ2v) is 5.00. The first-order valence-electron chi connectivity index (χ1n) is 7.12. The SMILES string of the molecule is c1cc(CNc2nccc(N3CCCCC3)n2)ccn1. The van der Waals surface area contributed by atoms with E-state index in [1.807, 2.05) is 24.4 Å². The Morgan fingerprint density at radius 1 is 1.00 bits per heavy atom. The van der Waals surface area contributed by atoms with Gasteiger partial charge in [0, 0.05) is 38.2 Å². The van der Waals surface area contributed by atoms with Crippen LogP contribution in [0.4, 0.5) is 11.8 Å². The molecule has 5 heteroatoms. The molecule has 1 aliphatic heterocycles. The van der Waals surface area contributed by atoms with E-state index < -0.39 is 0 Å². The van der Waals surface area contributed by atoms with E-state index in [9.17, 15) is 0 Å². The second kappa shape index (κ2) is 6.32. The minimum Gasteiger partial charge on any atom is -0.356 e. The molecule has 0 unspecified atom stereocenters. The number of nitrogens with one attached hydrogen (secondary N) is 1. The minimum atomic E-state index is 0.685. The molecule has 20 heavy (non-hydrogen) atoms.